The van der Waals surface area contributed by atoms with E-state index in [0.29, 0.717) is 5.92 Å². The van der Waals surface area contributed by atoms with E-state index >= 15 is 0 Å². The summed E-state index contributed by atoms with van der Waals surface area (Å²) in [6.07, 6.45) is 7.68. The Morgan fingerprint density at radius 2 is 1.92 bits per heavy atom. The van der Waals surface area contributed by atoms with Crippen molar-refractivity contribution in [3.8, 4) is 0 Å². The molecule has 7 heteroatoms. The monoisotopic (exact) mass is 354 g/mol. The Bertz CT molecular complexity index is 861. The van der Waals surface area contributed by atoms with Crippen molar-refractivity contribution >= 4 is 0 Å². The fraction of sp³-hybridized carbons (Fsp3) is 0.684. The van der Waals surface area contributed by atoms with Gasteiger partial charge in [0.2, 0.25) is 0 Å². The van der Waals surface area contributed by atoms with Gasteiger partial charge >= 0.3 is 0 Å². The van der Waals surface area contributed by atoms with Gasteiger partial charge < -0.3 is 4.57 Å². The third-order valence-corrected chi connectivity index (χ3v) is 6.21. The molecule has 1 saturated heterocycles. The average Bonchev–Trinajstić information content (AvgIpc) is 3.35. The van der Waals surface area contributed by atoms with Crippen LogP contribution in [0.15, 0.2) is 10.9 Å². The zero-order chi connectivity index (χ0) is 17.5. The Balaban J connectivity index is 1.19. The molecule has 0 bridgehead atoms. The Hall–Kier alpha value is -2.02. The smallest absolute Gasteiger partial charge is 0.267 e. The number of hydrogen-bond donors (Lipinski definition) is 0. The van der Waals surface area contributed by atoms with Crippen molar-refractivity contribution < 1.29 is 0 Å². The van der Waals surface area contributed by atoms with E-state index in [1.165, 1.54) is 12.0 Å². The van der Waals surface area contributed by atoms with Gasteiger partial charge in [0.05, 0.1) is 12.2 Å². The van der Waals surface area contributed by atoms with E-state index in [9.17, 15) is 4.79 Å². The molecule has 1 aliphatic carbocycles. The number of fused-ring (bicyclic) bond motifs is 2. The van der Waals surface area contributed by atoms with E-state index in [-0.39, 0.29) is 5.56 Å². The van der Waals surface area contributed by atoms with Gasteiger partial charge in [-0.05, 0) is 63.1 Å². The van der Waals surface area contributed by atoms with Crippen LogP contribution in [0.3, 0.4) is 0 Å². The molecule has 5 rings (SSSR count). The summed E-state index contributed by atoms with van der Waals surface area (Å²) >= 11 is 0. The van der Waals surface area contributed by atoms with Crippen LogP contribution in [0.1, 0.15) is 48.6 Å². The quantitative estimate of drug-likeness (QED) is 0.825. The molecule has 0 amide bonds. The fourth-order valence-electron chi connectivity index (χ4n) is 4.67. The number of aryl methyl sites for hydroxylation is 3. The highest BCUT2D eigenvalue weighted by Crippen LogP contribution is 2.22. The molecule has 4 heterocycles. The normalized spacial score (nSPS) is 20.5. The standard InChI is InChI=1S/C19H26N6O/c26-19-11-15-3-1-4-16(15)22-25(19)12-14-6-9-23(10-7-14)13-18-21-20-17-5-2-8-24(17)18/h11,14H,1-10,12-13H2. The molecule has 138 valence electrons. The first-order valence-electron chi connectivity index (χ1n) is 9.99. The van der Waals surface area contributed by atoms with Crippen LogP contribution < -0.4 is 5.56 Å². The van der Waals surface area contributed by atoms with E-state index in [0.717, 1.165) is 88.6 Å². The van der Waals surface area contributed by atoms with Crippen molar-refractivity contribution in [3.05, 3.63) is 39.3 Å². The van der Waals surface area contributed by atoms with Gasteiger partial charge in [-0.2, -0.15) is 5.10 Å². The first-order valence-corrected chi connectivity index (χ1v) is 9.99. The summed E-state index contributed by atoms with van der Waals surface area (Å²) in [5, 5.41) is 13.3. The Morgan fingerprint density at radius 1 is 1.04 bits per heavy atom. The minimum Gasteiger partial charge on any atom is -0.314 e. The number of piperidine rings is 1. The van der Waals surface area contributed by atoms with Crippen LogP contribution in [0.2, 0.25) is 0 Å². The number of aromatic nitrogens is 5. The molecule has 0 N–H and O–H groups in total. The van der Waals surface area contributed by atoms with Gasteiger partial charge in [-0.15, -0.1) is 10.2 Å². The van der Waals surface area contributed by atoms with Gasteiger partial charge in [0.1, 0.15) is 11.6 Å². The number of likely N-dealkylation sites (tertiary alicyclic amines) is 1. The SMILES string of the molecule is O=c1cc2c(nn1CC1CCN(Cc3nnc4n3CCC4)CC1)CCC2. The van der Waals surface area contributed by atoms with Crippen LogP contribution in [0, 0.1) is 5.92 Å². The summed E-state index contributed by atoms with van der Waals surface area (Å²) in [6.45, 7) is 4.86. The molecule has 26 heavy (non-hydrogen) atoms. The zero-order valence-corrected chi connectivity index (χ0v) is 15.2. The summed E-state index contributed by atoms with van der Waals surface area (Å²) < 4.78 is 4.01. The Kier molecular flexibility index (Phi) is 4.11. The predicted molar refractivity (Wildman–Crippen MR) is 96.9 cm³/mol. The molecule has 7 nitrogen and oxygen atoms in total. The van der Waals surface area contributed by atoms with Gasteiger partial charge in [-0.3, -0.25) is 9.69 Å². The van der Waals surface area contributed by atoms with E-state index in [4.69, 9.17) is 0 Å². The van der Waals surface area contributed by atoms with E-state index in [1.807, 2.05) is 6.07 Å². The maximum atomic E-state index is 12.3. The number of rotatable bonds is 4. The van der Waals surface area contributed by atoms with Gasteiger partial charge in [0, 0.05) is 25.6 Å². The van der Waals surface area contributed by atoms with Gasteiger partial charge in [-0.1, -0.05) is 0 Å². The molecule has 3 aliphatic rings. The minimum absolute atomic E-state index is 0.0760. The van der Waals surface area contributed by atoms with Crippen molar-refractivity contribution in [3.63, 3.8) is 0 Å². The lowest BCUT2D eigenvalue weighted by molar-refractivity contribution is 0.158. The molecule has 1 fully saturated rings. The Labute approximate surface area is 153 Å². The average molecular weight is 354 g/mol. The zero-order valence-electron chi connectivity index (χ0n) is 15.2. The van der Waals surface area contributed by atoms with E-state index in [2.05, 4.69) is 24.8 Å². The summed E-state index contributed by atoms with van der Waals surface area (Å²) in [5.74, 6) is 2.81. The highest BCUT2D eigenvalue weighted by Gasteiger charge is 2.24. The lowest BCUT2D eigenvalue weighted by Gasteiger charge is -2.31. The minimum atomic E-state index is 0.0760. The summed E-state index contributed by atoms with van der Waals surface area (Å²) in [5.41, 5.74) is 2.39. The second-order valence-corrected chi connectivity index (χ2v) is 8.00. The molecule has 2 aromatic heterocycles. The molecular weight excluding hydrogens is 328 g/mol. The molecule has 0 atom stereocenters. The van der Waals surface area contributed by atoms with E-state index in [1.54, 1.807) is 4.68 Å². The maximum Gasteiger partial charge on any atom is 0.267 e. The molecule has 0 radical (unpaired) electrons. The van der Waals surface area contributed by atoms with Gasteiger partial charge in [0.15, 0.2) is 0 Å². The van der Waals surface area contributed by atoms with Gasteiger partial charge in [-0.25, -0.2) is 4.68 Å². The first-order chi connectivity index (χ1) is 12.8. The third kappa shape index (κ3) is 2.98. The molecule has 2 aromatic rings. The van der Waals surface area contributed by atoms with Crippen LogP contribution >= 0.6 is 0 Å². The molecule has 0 aromatic carbocycles. The largest absolute Gasteiger partial charge is 0.314 e. The summed E-state index contributed by atoms with van der Waals surface area (Å²) in [7, 11) is 0. The molecular formula is C19H26N6O. The van der Waals surface area contributed by atoms with Crippen LogP contribution in [-0.2, 0) is 38.9 Å². The molecule has 0 unspecified atom stereocenters. The predicted octanol–water partition coefficient (Wildman–Crippen LogP) is 1.18. The van der Waals surface area contributed by atoms with Crippen molar-refractivity contribution in [1.29, 1.82) is 0 Å². The van der Waals surface area contributed by atoms with Crippen LogP contribution in [0.4, 0.5) is 0 Å². The fourth-order valence-corrected chi connectivity index (χ4v) is 4.67. The second kappa shape index (κ2) is 6.61. The molecule has 0 saturated carbocycles. The van der Waals surface area contributed by atoms with Crippen LogP contribution in [0.25, 0.3) is 0 Å². The Morgan fingerprint density at radius 3 is 2.81 bits per heavy atom. The highest BCUT2D eigenvalue weighted by molar-refractivity contribution is 5.22. The third-order valence-electron chi connectivity index (χ3n) is 6.21. The topological polar surface area (TPSA) is 68.8 Å². The summed E-state index contributed by atoms with van der Waals surface area (Å²) in [6, 6.07) is 1.82. The van der Waals surface area contributed by atoms with Crippen molar-refractivity contribution in [2.75, 3.05) is 13.1 Å². The van der Waals surface area contributed by atoms with E-state index < -0.39 is 0 Å². The van der Waals surface area contributed by atoms with Crippen LogP contribution in [0.5, 0.6) is 0 Å². The van der Waals surface area contributed by atoms with Crippen molar-refractivity contribution in [2.24, 2.45) is 5.92 Å². The van der Waals surface area contributed by atoms with Gasteiger partial charge in [0.25, 0.3) is 5.56 Å². The maximum absolute atomic E-state index is 12.3. The lowest BCUT2D eigenvalue weighted by Crippen LogP contribution is -2.37. The molecule has 0 spiro atoms. The van der Waals surface area contributed by atoms with Crippen LogP contribution in [-0.4, -0.2) is 42.5 Å². The second-order valence-electron chi connectivity index (χ2n) is 8.00. The molecule has 2 aliphatic heterocycles. The highest BCUT2D eigenvalue weighted by atomic mass is 16.1. The summed E-state index contributed by atoms with van der Waals surface area (Å²) in [4.78, 5) is 14.8. The first kappa shape index (κ1) is 16.2. The van der Waals surface area contributed by atoms with Crippen molar-refractivity contribution in [2.45, 2.75) is 64.6 Å². The number of hydrogen-bond acceptors (Lipinski definition) is 5. The number of nitrogens with zero attached hydrogens (tertiary/aromatic N) is 6. The lowest BCUT2D eigenvalue weighted by atomic mass is 9.97. The van der Waals surface area contributed by atoms with Crippen molar-refractivity contribution in [1.82, 2.24) is 29.4 Å².